The first-order valence-corrected chi connectivity index (χ1v) is 8.46. The predicted octanol–water partition coefficient (Wildman–Crippen LogP) is 5.48. The van der Waals surface area contributed by atoms with Crippen LogP contribution in [-0.4, -0.2) is 5.97 Å². The first-order valence-electron chi connectivity index (χ1n) is 8.46. The van der Waals surface area contributed by atoms with E-state index < -0.39 is 5.41 Å². The van der Waals surface area contributed by atoms with E-state index in [1.165, 1.54) is 16.7 Å². The number of esters is 1. The van der Waals surface area contributed by atoms with Gasteiger partial charge in [0, 0.05) is 11.5 Å². The summed E-state index contributed by atoms with van der Waals surface area (Å²) in [5, 5.41) is 0. The molecule has 1 aliphatic heterocycles. The summed E-state index contributed by atoms with van der Waals surface area (Å²) in [5.41, 5.74) is 4.16. The Hall–Kier alpha value is -2.35. The number of carbonyl (C=O) groups is 1. The van der Waals surface area contributed by atoms with Gasteiger partial charge in [-0.15, -0.1) is 0 Å². The van der Waals surface area contributed by atoms with Gasteiger partial charge in [-0.2, -0.15) is 0 Å². The monoisotopic (exact) mass is 320 g/mol. The van der Waals surface area contributed by atoms with Crippen molar-refractivity contribution in [1.29, 1.82) is 0 Å². The van der Waals surface area contributed by atoms with Crippen LogP contribution in [0, 0.1) is 12.3 Å². The zero-order valence-electron chi connectivity index (χ0n) is 14.8. The molecule has 0 fully saturated rings. The molecular formula is C22H24O2. The summed E-state index contributed by atoms with van der Waals surface area (Å²) in [4.78, 5) is 12.4. The standard InChI is InChI=1S/C22H24O2/c1-15-10-12-17(13-11-15)16(2)19-14-22(3,4)21(23)24-20(19)18-8-6-5-7-9-18/h5-13,16H,14H2,1-4H3. The third-order valence-corrected chi connectivity index (χ3v) is 4.81. The fourth-order valence-corrected chi connectivity index (χ4v) is 3.16. The van der Waals surface area contributed by atoms with Crippen LogP contribution in [0.3, 0.4) is 0 Å². The molecular weight excluding hydrogens is 296 g/mol. The second kappa shape index (κ2) is 6.27. The van der Waals surface area contributed by atoms with Gasteiger partial charge in [0.2, 0.25) is 0 Å². The summed E-state index contributed by atoms with van der Waals surface area (Å²) in [6.45, 7) is 8.20. The summed E-state index contributed by atoms with van der Waals surface area (Å²) in [6.07, 6.45) is 0.713. The summed E-state index contributed by atoms with van der Waals surface area (Å²) in [7, 11) is 0. The first-order chi connectivity index (χ1) is 11.4. The number of ether oxygens (including phenoxy) is 1. The highest BCUT2D eigenvalue weighted by molar-refractivity contribution is 5.86. The second-order valence-electron chi connectivity index (χ2n) is 7.30. The topological polar surface area (TPSA) is 26.3 Å². The van der Waals surface area contributed by atoms with Crippen LogP contribution in [0.1, 0.15) is 49.8 Å². The van der Waals surface area contributed by atoms with Crippen molar-refractivity contribution in [2.24, 2.45) is 5.41 Å². The van der Waals surface area contributed by atoms with E-state index in [-0.39, 0.29) is 11.9 Å². The molecule has 0 amide bonds. The van der Waals surface area contributed by atoms with Gasteiger partial charge in [0.1, 0.15) is 5.76 Å². The van der Waals surface area contributed by atoms with E-state index in [0.717, 1.165) is 11.3 Å². The van der Waals surface area contributed by atoms with Crippen LogP contribution < -0.4 is 0 Å². The smallest absolute Gasteiger partial charge is 0.317 e. The minimum absolute atomic E-state index is 0.152. The van der Waals surface area contributed by atoms with Crippen molar-refractivity contribution in [3.05, 3.63) is 76.9 Å². The normalized spacial score (nSPS) is 18.2. The quantitative estimate of drug-likeness (QED) is 0.700. The maximum absolute atomic E-state index is 12.4. The molecule has 0 bridgehead atoms. The fourth-order valence-electron chi connectivity index (χ4n) is 3.16. The number of hydrogen-bond acceptors (Lipinski definition) is 2. The Bertz CT molecular complexity index is 767. The van der Waals surface area contributed by atoms with Gasteiger partial charge in [-0.25, -0.2) is 0 Å². The largest absolute Gasteiger partial charge is 0.426 e. The Morgan fingerprint density at radius 2 is 1.62 bits per heavy atom. The molecule has 0 aliphatic carbocycles. The zero-order chi connectivity index (χ0) is 17.3. The van der Waals surface area contributed by atoms with Crippen LogP contribution >= 0.6 is 0 Å². The molecule has 0 aromatic heterocycles. The SMILES string of the molecule is Cc1ccc(C(C)C2=C(c3ccccc3)OC(=O)C(C)(C)C2)cc1. The number of rotatable bonds is 3. The summed E-state index contributed by atoms with van der Waals surface area (Å²) < 4.78 is 5.81. The Morgan fingerprint density at radius 1 is 1.00 bits per heavy atom. The maximum atomic E-state index is 12.4. The number of benzene rings is 2. The van der Waals surface area contributed by atoms with Gasteiger partial charge in [-0.1, -0.05) is 67.1 Å². The van der Waals surface area contributed by atoms with Gasteiger partial charge in [0.15, 0.2) is 0 Å². The average Bonchev–Trinajstić information content (AvgIpc) is 2.58. The Labute approximate surface area is 144 Å². The van der Waals surface area contributed by atoms with E-state index in [4.69, 9.17) is 4.74 Å². The van der Waals surface area contributed by atoms with Gasteiger partial charge < -0.3 is 4.74 Å². The van der Waals surface area contributed by atoms with Crippen molar-refractivity contribution in [2.75, 3.05) is 0 Å². The van der Waals surface area contributed by atoms with Crippen molar-refractivity contribution in [2.45, 2.75) is 40.0 Å². The molecule has 1 aliphatic rings. The van der Waals surface area contributed by atoms with Crippen molar-refractivity contribution in [3.8, 4) is 0 Å². The third-order valence-electron chi connectivity index (χ3n) is 4.81. The minimum Gasteiger partial charge on any atom is -0.426 e. The lowest BCUT2D eigenvalue weighted by Gasteiger charge is -2.34. The van der Waals surface area contributed by atoms with E-state index >= 15 is 0 Å². The highest BCUT2D eigenvalue weighted by Crippen LogP contribution is 2.44. The van der Waals surface area contributed by atoms with E-state index in [9.17, 15) is 4.79 Å². The van der Waals surface area contributed by atoms with Crippen LogP contribution in [0.5, 0.6) is 0 Å². The Kier molecular flexibility index (Phi) is 4.31. The number of hydrogen-bond donors (Lipinski definition) is 0. The summed E-state index contributed by atoms with van der Waals surface area (Å²) >= 11 is 0. The van der Waals surface area contributed by atoms with Gasteiger partial charge in [-0.3, -0.25) is 4.79 Å². The summed E-state index contributed by atoms with van der Waals surface area (Å²) in [6, 6.07) is 18.5. The second-order valence-corrected chi connectivity index (χ2v) is 7.30. The van der Waals surface area contributed by atoms with E-state index in [2.05, 4.69) is 38.1 Å². The lowest BCUT2D eigenvalue weighted by atomic mass is 9.76. The Morgan fingerprint density at radius 3 is 2.25 bits per heavy atom. The van der Waals surface area contributed by atoms with Crippen molar-refractivity contribution < 1.29 is 9.53 Å². The molecule has 0 saturated heterocycles. The molecule has 2 aromatic carbocycles. The first kappa shape index (κ1) is 16.5. The number of aryl methyl sites for hydroxylation is 1. The molecule has 1 unspecified atom stereocenters. The highest BCUT2D eigenvalue weighted by atomic mass is 16.5. The zero-order valence-corrected chi connectivity index (χ0v) is 14.8. The molecule has 2 aromatic rings. The van der Waals surface area contributed by atoms with Crippen LogP contribution in [-0.2, 0) is 9.53 Å². The molecule has 0 N–H and O–H groups in total. The van der Waals surface area contributed by atoms with E-state index in [0.29, 0.717) is 6.42 Å². The minimum atomic E-state index is -0.493. The molecule has 2 heteroatoms. The van der Waals surface area contributed by atoms with Crippen LogP contribution in [0.2, 0.25) is 0 Å². The predicted molar refractivity (Wildman–Crippen MR) is 97.4 cm³/mol. The highest BCUT2D eigenvalue weighted by Gasteiger charge is 2.39. The molecule has 0 spiro atoms. The molecule has 2 nitrogen and oxygen atoms in total. The molecule has 0 radical (unpaired) electrons. The molecule has 24 heavy (non-hydrogen) atoms. The van der Waals surface area contributed by atoms with Gasteiger partial charge in [0.05, 0.1) is 5.41 Å². The molecule has 1 atom stereocenters. The van der Waals surface area contributed by atoms with Crippen LogP contribution in [0.4, 0.5) is 0 Å². The average molecular weight is 320 g/mol. The molecule has 3 rings (SSSR count). The maximum Gasteiger partial charge on any atom is 0.317 e. The van der Waals surface area contributed by atoms with Crippen LogP contribution in [0.15, 0.2) is 60.2 Å². The van der Waals surface area contributed by atoms with Gasteiger partial charge in [-0.05, 0) is 38.3 Å². The number of allylic oxidation sites excluding steroid dienone is 1. The lowest BCUT2D eigenvalue weighted by Crippen LogP contribution is -2.32. The van der Waals surface area contributed by atoms with E-state index in [1.807, 2.05) is 44.2 Å². The third kappa shape index (κ3) is 3.14. The van der Waals surface area contributed by atoms with Crippen molar-refractivity contribution >= 4 is 11.7 Å². The lowest BCUT2D eigenvalue weighted by molar-refractivity contribution is -0.147. The van der Waals surface area contributed by atoms with Crippen molar-refractivity contribution in [1.82, 2.24) is 0 Å². The molecule has 0 saturated carbocycles. The fraction of sp³-hybridized carbons (Fsp3) is 0.318. The van der Waals surface area contributed by atoms with E-state index in [1.54, 1.807) is 0 Å². The number of carbonyl (C=O) groups excluding carboxylic acids is 1. The summed E-state index contributed by atoms with van der Waals surface area (Å²) in [5.74, 6) is 0.780. The molecule has 124 valence electrons. The Balaban J connectivity index is 2.10. The van der Waals surface area contributed by atoms with Crippen molar-refractivity contribution in [3.63, 3.8) is 0 Å². The van der Waals surface area contributed by atoms with Gasteiger partial charge in [0.25, 0.3) is 0 Å². The molecule has 1 heterocycles. The number of cyclic esters (lactones) is 1. The van der Waals surface area contributed by atoms with Crippen LogP contribution in [0.25, 0.3) is 5.76 Å². The van der Waals surface area contributed by atoms with Gasteiger partial charge >= 0.3 is 5.97 Å².